The van der Waals surface area contributed by atoms with Crippen LogP contribution < -0.4 is 4.74 Å². The number of thiazole rings is 1. The summed E-state index contributed by atoms with van der Waals surface area (Å²) in [6.45, 7) is 2.05. The predicted molar refractivity (Wildman–Crippen MR) is 85.0 cm³/mol. The van der Waals surface area contributed by atoms with Gasteiger partial charge in [0.1, 0.15) is 10.7 Å². The van der Waals surface area contributed by atoms with Gasteiger partial charge >= 0.3 is 5.97 Å². The van der Waals surface area contributed by atoms with Crippen LogP contribution in [0.25, 0.3) is 16.4 Å². The molecule has 3 rings (SSSR count). The lowest BCUT2D eigenvalue weighted by Crippen LogP contribution is -2.07. The molecule has 0 saturated carbocycles. The van der Waals surface area contributed by atoms with E-state index in [1.165, 1.54) is 11.3 Å². The van der Waals surface area contributed by atoms with Gasteiger partial charge in [0.15, 0.2) is 5.69 Å². The Hall–Kier alpha value is -2.74. The highest BCUT2D eigenvalue weighted by Crippen LogP contribution is 2.26. The predicted octanol–water partition coefficient (Wildman–Crippen LogP) is 2.58. The minimum Gasteiger partial charge on any atom is -0.481 e. The zero-order valence-corrected chi connectivity index (χ0v) is 13.4. The molecule has 0 aliphatic heterocycles. The van der Waals surface area contributed by atoms with Crippen molar-refractivity contribution in [2.24, 2.45) is 0 Å². The Bertz CT molecular complexity index is 797. The largest absolute Gasteiger partial charge is 0.481 e. The Kier molecular flexibility index (Phi) is 4.33. The third kappa shape index (κ3) is 3.07. The molecular formula is C15H14N4O3S. The van der Waals surface area contributed by atoms with Crippen molar-refractivity contribution >= 4 is 17.3 Å². The molecule has 0 saturated heterocycles. The van der Waals surface area contributed by atoms with Crippen LogP contribution in [-0.4, -0.2) is 39.4 Å². The number of nitrogens with zero attached hydrogens (tertiary/aromatic N) is 4. The zero-order chi connectivity index (χ0) is 16.2. The first-order valence-corrected chi connectivity index (χ1v) is 7.78. The number of rotatable bonds is 5. The quantitative estimate of drug-likeness (QED) is 0.669. The van der Waals surface area contributed by atoms with Gasteiger partial charge in [0.2, 0.25) is 5.88 Å². The smallest absolute Gasteiger partial charge is 0.358 e. The Labute approximate surface area is 136 Å². The minimum absolute atomic E-state index is 0.230. The van der Waals surface area contributed by atoms with Crippen molar-refractivity contribution in [1.29, 1.82) is 0 Å². The lowest BCUT2D eigenvalue weighted by Gasteiger charge is -2.05. The first-order chi connectivity index (χ1) is 11.2. The van der Waals surface area contributed by atoms with Crippen molar-refractivity contribution < 1.29 is 14.3 Å². The zero-order valence-electron chi connectivity index (χ0n) is 12.6. The maximum atomic E-state index is 12.0. The van der Waals surface area contributed by atoms with Gasteiger partial charge in [-0.3, -0.25) is 0 Å². The van der Waals surface area contributed by atoms with Gasteiger partial charge in [0.25, 0.3) is 0 Å². The normalized spacial score (nSPS) is 10.5. The standard InChI is InChI=1S/C15H14N4O3S/c1-3-22-15(20)11-8-12(14-16-6-7-23-14)19(18-11)10-4-5-13(21-2)17-9-10/h4-9H,3H2,1-2H3. The molecule has 0 unspecified atom stereocenters. The van der Waals surface area contributed by atoms with E-state index in [1.54, 1.807) is 43.2 Å². The molecule has 0 bridgehead atoms. The van der Waals surface area contributed by atoms with Crippen LogP contribution in [0.4, 0.5) is 0 Å². The summed E-state index contributed by atoms with van der Waals surface area (Å²) in [4.78, 5) is 20.4. The van der Waals surface area contributed by atoms with Gasteiger partial charge in [-0.05, 0) is 13.0 Å². The molecule has 0 aliphatic carbocycles. The second-order valence-corrected chi connectivity index (χ2v) is 5.34. The van der Waals surface area contributed by atoms with E-state index in [9.17, 15) is 4.79 Å². The molecule has 0 aliphatic rings. The maximum Gasteiger partial charge on any atom is 0.358 e. The number of ether oxygens (including phenoxy) is 2. The fraction of sp³-hybridized carbons (Fsp3) is 0.200. The molecule has 0 fully saturated rings. The van der Waals surface area contributed by atoms with Crippen LogP contribution in [0.5, 0.6) is 5.88 Å². The number of hydrogen-bond acceptors (Lipinski definition) is 7. The molecule has 0 radical (unpaired) electrons. The summed E-state index contributed by atoms with van der Waals surface area (Å²) in [6, 6.07) is 5.21. The van der Waals surface area contributed by atoms with Crippen LogP contribution >= 0.6 is 11.3 Å². The molecule has 0 atom stereocenters. The molecule has 118 valence electrons. The number of hydrogen-bond donors (Lipinski definition) is 0. The van der Waals surface area contributed by atoms with Crippen LogP contribution in [0.1, 0.15) is 17.4 Å². The molecular weight excluding hydrogens is 316 g/mol. The van der Waals surface area contributed by atoms with Gasteiger partial charge in [-0.15, -0.1) is 11.3 Å². The Morgan fingerprint density at radius 3 is 2.83 bits per heavy atom. The van der Waals surface area contributed by atoms with E-state index in [4.69, 9.17) is 9.47 Å². The summed E-state index contributed by atoms with van der Waals surface area (Å²) < 4.78 is 11.7. The highest BCUT2D eigenvalue weighted by Gasteiger charge is 2.19. The minimum atomic E-state index is -0.467. The Balaban J connectivity index is 2.07. The van der Waals surface area contributed by atoms with E-state index in [2.05, 4.69) is 15.1 Å². The number of esters is 1. The molecule has 7 nitrogen and oxygen atoms in total. The highest BCUT2D eigenvalue weighted by molar-refractivity contribution is 7.13. The van der Waals surface area contributed by atoms with E-state index in [0.717, 1.165) is 5.01 Å². The average molecular weight is 330 g/mol. The van der Waals surface area contributed by atoms with Crippen LogP contribution in [0.15, 0.2) is 36.0 Å². The summed E-state index contributed by atoms with van der Waals surface area (Å²) in [6.07, 6.45) is 3.32. The monoisotopic (exact) mass is 330 g/mol. The number of aromatic nitrogens is 4. The molecule has 8 heteroatoms. The number of carbonyl (C=O) groups excluding carboxylic acids is 1. The van der Waals surface area contributed by atoms with Crippen LogP contribution in [0, 0.1) is 0 Å². The summed E-state index contributed by atoms with van der Waals surface area (Å²) >= 11 is 1.46. The second-order valence-electron chi connectivity index (χ2n) is 4.44. The van der Waals surface area contributed by atoms with Gasteiger partial charge in [-0.1, -0.05) is 0 Å². The maximum absolute atomic E-state index is 12.0. The van der Waals surface area contributed by atoms with Gasteiger partial charge in [0, 0.05) is 23.7 Å². The van der Waals surface area contributed by atoms with Gasteiger partial charge in [0.05, 0.1) is 25.6 Å². The summed E-state index contributed by atoms with van der Waals surface area (Å²) in [5.74, 6) is 0.0350. The Morgan fingerprint density at radius 2 is 2.22 bits per heavy atom. The van der Waals surface area contributed by atoms with Crippen molar-refractivity contribution in [3.8, 4) is 22.3 Å². The molecule has 0 N–H and O–H groups in total. The van der Waals surface area contributed by atoms with Crippen molar-refractivity contribution in [3.05, 3.63) is 41.7 Å². The molecule has 3 aromatic heterocycles. The topological polar surface area (TPSA) is 79.1 Å². The van der Waals surface area contributed by atoms with E-state index >= 15 is 0 Å². The van der Waals surface area contributed by atoms with Crippen molar-refractivity contribution in [1.82, 2.24) is 19.7 Å². The third-order valence-electron chi connectivity index (χ3n) is 3.02. The van der Waals surface area contributed by atoms with Crippen LogP contribution in [0.2, 0.25) is 0 Å². The van der Waals surface area contributed by atoms with E-state index in [0.29, 0.717) is 23.9 Å². The Morgan fingerprint density at radius 1 is 1.35 bits per heavy atom. The number of pyridine rings is 1. The van der Waals surface area contributed by atoms with E-state index in [1.807, 2.05) is 11.4 Å². The van der Waals surface area contributed by atoms with Crippen molar-refractivity contribution in [2.45, 2.75) is 6.92 Å². The van der Waals surface area contributed by atoms with E-state index < -0.39 is 5.97 Å². The lowest BCUT2D eigenvalue weighted by atomic mass is 10.3. The lowest BCUT2D eigenvalue weighted by molar-refractivity contribution is 0.0519. The summed E-state index contributed by atoms with van der Waals surface area (Å²) in [5.41, 5.74) is 1.63. The fourth-order valence-corrected chi connectivity index (χ4v) is 2.64. The molecule has 3 heterocycles. The van der Waals surface area contributed by atoms with Gasteiger partial charge < -0.3 is 9.47 Å². The molecule has 23 heavy (non-hydrogen) atoms. The second kappa shape index (κ2) is 6.57. The SMILES string of the molecule is CCOC(=O)c1cc(-c2nccs2)n(-c2ccc(OC)nc2)n1. The first-order valence-electron chi connectivity index (χ1n) is 6.90. The number of carbonyl (C=O) groups is 1. The van der Waals surface area contributed by atoms with Crippen molar-refractivity contribution in [2.75, 3.05) is 13.7 Å². The fourth-order valence-electron chi connectivity index (χ4n) is 2.00. The molecule has 3 aromatic rings. The van der Waals surface area contributed by atoms with Gasteiger partial charge in [-0.25, -0.2) is 19.4 Å². The van der Waals surface area contributed by atoms with Crippen molar-refractivity contribution in [3.63, 3.8) is 0 Å². The first kappa shape index (κ1) is 15.2. The van der Waals surface area contributed by atoms with Crippen LogP contribution in [-0.2, 0) is 4.74 Å². The van der Waals surface area contributed by atoms with Crippen LogP contribution in [0.3, 0.4) is 0 Å². The molecule has 0 aromatic carbocycles. The summed E-state index contributed by atoms with van der Waals surface area (Å²) in [5, 5.41) is 6.96. The third-order valence-corrected chi connectivity index (χ3v) is 3.82. The molecule has 0 amide bonds. The van der Waals surface area contributed by atoms with Gasteiger partial charge in [-0.2, -0.15) is 5.10 Å². The summed E-state index contributed by atoms with van der Waals surface area (Å²) in [7, 11) is 1.55. The van der Waals surface area contributed by atoms with E-state index in [-0.39, 0.29) is 5.69 Å². The highest BCUT2D eigenvalue weighted by atomic mass is 32.1. The molecule has 0 spiro atoms. The number of methoxy groups -OCH3 is 1. The average Bonchev–Trinajstić information content (AvgIpc) is 3.24.